The van der Waals surface area contributed by atoms with Crippen LogP contribution in [0.5, 0.6) is 0 Å². The standard InChI is InChI=1S/C18H8Cl2FN5S/c19-11-4-1-9(2-5-11)18-23-16(15-14(8-22)24-26-25-15)17(27-18)10-3-6-13(21)12(20)7-10/h1-7H,(H,24,25,26). The number of hydrogen-bond donors (Lipinski definition) is 1. The van der Waals surface area contributed by atoms with Crippen molar-refractivity contribution in [1.82, 2.24) is 20.4 Å². The first-order valence-corrected chi connectivity index (χ1v) is 9.18. The highest BCUT2D eigenvalue weighted by Crippen LogP contribution is 2.41. The predicted molar refractivity (Wildman–Crippen MR) is 103 cm³/mol. The highest BCUT2D eigenvalue weighted by molar-refractivity contribution is 7.19. The molecule has 0 aliphatic heterocycles. The van der Waals surface area contributed by atoms with Gasteiger partial charge in [-0.3, -0.25) is 0 Å². The van der Waals surface area contributed by atoms with Gasteiger partial charge in [-0.25, -0.2) is 14.5 Å². The van der Waals surface area contributed by atoms with Gasteiger partial charge in [0.15, 0.2) is 11.4 Å². The molecule has 0 amide bonds. The second-order valence-corrected chi connectivity index (χ2v) is 7.32. The number of H-pyrrole nitrogens is 1. The largest absolute Gasteiger partial charge is 0.247 e. The maximum Gasteiger partial charge on any atom is 0.165 e. The summed E-state index contributed by atoms with van der Waals surface area (Å²) < 4.78 is 13.6. The molecule has 0 fully saturated rings. The van der Waals surface area contributed by atoms with Gasteiger partial charge < -0.3 is 0 Å². The van der Waals surface area contributed by atoms with E-state index in [1.165, 1.54) is 23.5 Å². The lowest BCUT2D eigenvalue weighted by molar-refractivity contribution is 0.628. The van der Waals surface area contributed by atoms with Crippen molar-refractivity contribution >= 4 is 34.5 Å². The van der Waals surface area contributed by atoms with Gasteiger partial charge in [-0.2, -0.15) is 5.26 Å². The van der Waals surface area contributed by atoms with Crippen LogP contribution < -0.4 is 0 Å². The van der Waals surface area contributed by atoms with Crippen LogP contribution in [0.15, 0.2) is 42.5 Å². The lowest BCUT2D eigenvalue weighted by atomic mass is 10.1. The Hall–Kier alpha value is -2.79. The zero-order valence-electron chi connectivity index (χ0n) is 13.4. The molecule has 0 saturated carbocycles. The van der Waals surface area contributed by atoms with E-state index < -0.39 is 5.82 Å². The van der Waals surface area contributed by atoms with Crippen molar-refractivity contribution < 1.29 is 4.39 Å². The van der Waals surface area contributed by atoms with Gasteiger partial charge in [0.1, 0.15) is 22.6 Å². The molecule has 132 valence electrons. The van der Waals surface area contributed by atoms with Crippen LogP contribution in [-0.2, 0) is 0 Å². The van der Waals surface area contributed by atoms with Crippen molar-refractivity contribution in [3.05, 3.63) is 64.0 Å². The Bertz CT molecular complexity index is 1180. The molecule has 4 aromatic rings. The van der Waals surface area contributed by atoms with E-state index in [1.54, 1.807) is 18.2 Å². The molecule has 1 N–H and O–H groups in total. The van der Waals surface area contributed by atoms with Crippen LogP contribution in [-0.4, -0.2) is 20.4 Å². The summed E-state index contributed by atoms with van der Waals surface area (Å²) in [4.78, 5) is 5.36. The lowest BCUT2D eigenvalue weighted by Crippen LogP contribution is -1.87. The minimum Gasteiger partial charge on any atom is -0.247 e. The average Bonchev–Trinajstić information content (AvgIpc) is 3.31. The Kier molecular flexibility index (Phi) is 4.62. The summed E-state index contributed by atoms with van der Waals surface area (Å²) in [5.74, 6) is -0.511. The molecule has 5 nitrogen and oxygen atoms in total. The molecule has 2 heterocycles. The van der Waals surface area contributed by atoms with Crippen LogP contribution in [0.1, 0.15) is 5.69 Å². The first-order valence-electron chi connectivity index (χ1n) is 7.60. The first-order chi connectivity index (χ1) is 13.1. The summed E-state index contributed by atoms with van der Waals surface area (Å²) in [6.07, 6.45) is 0. The zero-order chi connectivity index (χ0) is 19.0. The number of aromatic nitrogens is 4. The monoisotopic (exact) mass is 415 g/mol. The zero-order valence-corrected chi connectivity index (χ0v) is 15.7. The van der Waals surface area contributed by atoms with Crippen LogP contribution in [0, 0.1) is 17.1 Å². The number of nitrogens with one attached hydrogen (secondary N) is 1. The molecule has 0 saturated heterocycles. The molecule has 9 heteroatoms. The highest BCUT2D eigenvalue weighted by Gasteiger charge is 2.21. The van der Waals surface area contributed by atoms with Crippen LogP contribution in [0.4, 0.5) is 4.39 Å². The van der Waals surface area contributed by atoms with Crippen LogP contribution in [0.3, 0.4) is 0 Å². The summed E-state index contributed by atoms with van der Waals surface area (Å²) in [6, 6.07) is 13.7. The van der Waals surface area contributed by atoms with Crippen LogP contribution >= 0.6 is 34.5 Å². The Morgan fingerprint density at radius 3 is 2.48 bits per heavy atom. The number of halogens is 3. The van der Waals surface area contributed by atoms with Crippen molar-refractivity contribution in [3.8, 4) is 38.5 Å². The third-order valence-corrected chi connectivity index (χ3v) is 5.48. The number of nitrogens with zero attached hydrogens (tertiary/aromatic N) is 4. The normalized spacial score (nSPS) is 10.7. The van der Waals surface area contributed by atoms with E-state index >= 15 is 0 Å². The molecule has 0 atom stereocenters. The average molecular weight is 416 g/mol. The maximum atomic E-state index is 13.6. The molecule has 27 heavy (non-hydrogen) atoms. The van der Waals surface area contributed by atoms with Gasteiger partial charge in [0.2, 0.25) is 0 Å². The topological polar surface area (TPSA) is 78.2 Å². The Balaban J connectivity index is 1.94. The van der Waals surface area contributed by atoms with Crippen LogP contribution in [0.25, 0.3) is 32.4 Å². The number of nitriles is 1. The number of aromatic amines is 1. The number of benzene rings is 2. The second kappa shape index (κ2) is 7.08. The van der Waals surface area contributed by atoms with Gasteiger partial charge in [-0.1, -0.05) is 46.6 Å². The molecule has 2 aromatic carbocycles. The third kappa shape index (κ3) is 3.30. The minimum absolute atomic E-state index is 0.000511. The molecule has 0 unspecified atom stereocenters. The molecule has 0 spiro atoms. The number of rotatable bonds is 3. The van der Waals surface area contributed by atoms with E-state index in [1.807, 2.05) is 18.2 Å². The van der Waals surface area contributed by atoms with E-state index in [4.69, 9.17) is 23.2 Å². The predicted octanol–water partition coefficient (Wildman–Crippen LogP) is 5.58. The summed E-state index contributed by atoms with van der Waals surface area (Å²) in [6.45, 7) is 0. The van der Waals surface area contributed by atoms with Crippen molar-refractivity contribution in [2.75, 3.05) is 0 Å². The Morgan fingerprint density at radius 2 is 1.78 bits per heavy atom. The fraction of sp³-hybridized carbons (Fsp3) is 0. The minimum atomic E-state index is -0.511. The van der Waals surface area contributed by atoms with Gasteiger partial charge >= 0.3 is 0 Å². The molecular weight excluding hydrogens is 408 g/mol. The molecule has 2 aromatic heterocycles. The van der Waals surface area contributed by atoms with E-state index in [0.717, 1.165) is 5.56 Å². The van der Waals surface area contributed by atoms with E-state index in [9.17, 15) is 9.65 Å². The summed E-state index contributed by atoms with van der Waals surface area (Å²) in [7, 11) is 0. The highest BCUT2D eigenvalue weighted by atomic mass is 35.5. The molecule has 0 bridgehead atoms. The second-order valence-electron chi connectivity index (χ2n) is 5.48. The van der Waals surface area contributed by atoms with Crippen LogP contribution in [0.2, 0.25) is 10.0 Å². The van der Waals surface area contributed by atoms with Crippen molar-refractivity contribution in [1.29, 1.82) is 5.26 Å². The summed E-state index contributed by atoms with van der Waals surface area (Å²) in [5, 5.41) is 20.8. The quantitative estimate of drug-likeness (QED) is 0.473. The van der Waals surface area contributed by atoms with E-state index in [0.29, 0.717) is 31.9 Å². The first kappa shape index (κ1) is 17.6. The van der Waals surface area contributed by atoms with Gasteiger partial charge in [-0.15, -0.1) is 16.4 Å². The summed E-state index contributed by atoms with van der Waals surface area (Å²) >= 11 is 13.3. The molecular formula is C18H8Cl2FN5S. The molecule has 0 radical (unpaired) electrons. The molecule has 0 aliphatic carbocycles. The van der Waals surface area contributed by atoms with Crippen molar-refractivity contribution in [2.24, 2.45) is 0 Å². The van der Waals surface area contributed by atoms with Crippen molar-refractivity contribution in [2.45, 2.75) is 0 Å². The van der Waals surface area contributed by atoms with Crippen molar-refractivity contribution in [3.63, 3.8) is 0 Å². The smallest absolute Gasteiger partial charge is 0.165 e. The van der Waals surface area contributed by atoms with E-state index in [-0.39, 0.29) is 10.7 Å². The number of thiazole rings is 1. The molecule has 0 aliphatic rings. The van der Waals surface area contributed by atoms with E-state index in [2.05, 4.69) is 20.4 Å². The Morgan fingerprint density at radius 1 is 1.04 bits per heavy atom. The number of hydrogen-bond acceptors (Lipinski definition) is 5. The third-order valence-electron chi connectivity index (χ3n) is 3.78. The summed E-state index contributed by atoms with van der Waals surface area (Å²) in [5.41, 5.74) is 2.51. The fourth-order valence-corrected chi connectivity index (χ4v) is 3.88. The van der Waals surface area contributed by atoms with Gasteiger partial charge in [0, 0.05) is 10.6 Å². The van der Waals surface area contributed by atoms with Gasteiger partial charge in [-0.05, 0) is 29.8 Å². The maximum absolute atomic E-state index is 13.6. The molecule has 4 rings (SSSR count). The van der Waals surface area contributed by atoms with Gasteiger partial charge in [0.25, 0.3) is 0 Å². The van der Waals surface area contributed by atoms with Gasteiger partial charge in [0.05, 0.1) is 9.90 Å². The lowest BCUT2D eigenvalue weighted by Gasteiger charge is -2.02. The SMILES string of the molecule is N#Cc1[nH]nnc1-c1nc(-c2ccc(Cl)cc2)sc1-c1ccc(F)c(Cl)c1. The fourth-order valence-electron chi connectivity index (χ4n) is 2.50. The Labute approximate surface area is 167 Å².